The van der Waals surface area contributed by atoms with Crippen molar-refractivity contribution >= 4 is 0 Å². The SMILES string of the molecule is CCOc1ccc(OCC)c(C(O)CN)c1. The molecule has 1 aromatic rings. The minimum Gasteiger partial charge on any atom is -0.494 e. The molecule has 1 rings (SSSR count). The van der Waals surface area contributed by atoms with E-state index in [0.717, 1.165) is 0 Å². The molecule has 0 aliphatic carbocycles. The summed E-state index contributed by atoms with van der Waals surface area (Å²) in [4.78, 5) is 0. The normalized spacial score (nSPS) is 12.2. The van der Waals surface area contributed by atoms with Crippen LogP contribution in [0.5, 0.6) is 11.5 Å². The Morgan fingerprint density at radius 2 is 1.94 bits per heavy atom. The number of rotatable bonds is 6. The van der Waals surface area contributed by atoms with Gasteiger partial charge in [0, 0.05) is 12.1 Å². The second-order valence-electron chi connectivity index (χ2n) is 3.32. The summed E-state index contributed by atoms with van der Waals surface area (Å²) in [5, 5.41) is 9.77. The molecule has 1 unspecified atom stereocenters. The molecule has 0 fully saturated rings. The lowest BCUT2D eigenvalue weighted by molar-refractivity contribution is 0.179. The molecule has 0 aromatic heterocycles. The number of ether oxygens (including phenoxy) is 2. The lowest BCUT2D eigenvalue weighted by Gasteiger charge is -2.15. The van der Waals surface area contributed by atoms with Crippen LogP contribution in [0.4, 0.5) is 0 Å². The van der Waals surface area contributed by atoms with Crippen LogP contribution in [-0.4, -0.2) is 24.9 Å². The second-order valence-corrected chi connectivity index (χ2v) is 3.32. The van der Waals surface area contributed by atoms with Crippen LogP contribution in [0.1, 0.15) is 25.5 Å². The fourth-order valence-electron chi connectivity index (χ4n) is 1.46. The Kier molecular flexibility index (Phi) is 5.08. The fourth-order valence-corrected chi connectivity index (χ4v) is 1.46. The van der Waals surface area contributed by atoms with Crippen LogP contribution < -0.4 is 15.2 Å². The van der Waals surface area contributed by atoms with Gasteiger partial charge in [0.05, 0.1) is 19.3 Å². The maximum absolute atomic E-state index is 9.77. The summed E-state index contributed by atoms with van der Waals surface area (Å²) in [5.41, 5.74) is 6.12. The molecule has 0 aliphatic heterocycles. The first-order valence-electron chi connectivity index (χ1n) is 5.50. The van der Waals surface area contributed by atoms with Crippen molar-refractivity contribution in [3.05, 3.63) is 23.8 Å². The Hall–Kier alpha value is -1.26. The van der Waals surface area contributed by atoms with E-state index >= 15 is 0 Å². The molecule has 0 saturated carbocycles. The maximum atomic E-state index is 9.77. The number of aliphatic hydroxyl groups is 1. The highest BCUT2D eigenvalue weighted by molar-refractivity contribution is 5.41. The molecule has 0 bridgehead atoms. The van der Waals surface area contributed by atoms with E-state index in [-0.39, 0.29) is 6.54 Å². The zero-order valence-electron chi connectivity index (χ0n) is 9.77. The number of benzene rings is 1. The molecule has 0 saturated heterocycles. The van der Waals surface area contributed by atoms with Crippen molar-refractivity contribution in [2.45, 2.75) is 20.0 Å². The Morgan fingerprint density at radius 3 is 2.50 bits per heavy atom. The van der Waals surface area contributed by atoms with Crippen molar-refractivity contribution in [2.24, 2.45) is 5.73 Å². The maximum Gasteiger partial charge on any atom is 0.125 e. The number of hydrogen-bond acceptors (Lipinski definition) is 4. The van der Waals surface area contributed by atoms with Gasteiger partial charge in [0.25, 0.3) is 0 Å². The van der Waals surface area contributed by atoms with Crippen LogP contribution in [-0.2, 0) is 0 Å². The summed E-state index contributed by atoms with van der Waals surface area (Å²) >= 11 is 0. The molecule has 3 N–H and O–H groups in total. The lowest BCUT2D eigenvalue weighted by Crippen LogP contribution is -2.13. The van der Waals surface area contributed by atoms with Gasteiger partial charge in [-0.05, 0) is 32.0 Å². The molecular weight excluding hydrogens is 206 g/mol. The third kappa shape index (κ3) is 3.12. The van der Waals surface area contributed by atoms with E-state index in [1.165, 1.54) is 0 Å². The van der Waals surface area contributed by atoms with E-state index in [1.54, 1.807) is 12.1 Å². The Labute approximate surface area is 96.0 Å². The molecule has 1 aromatic carbocycles. The van der Waals surface area contributed by atoms with Crippen molar-refractivity contribution in [1.29, 1.82) is 0 Å². The minimum absolute atomic E-state index is 0.162. The van der Waals surface area contributed by atoms with Crippen molar-refractivity contribution in [3.63, 3.8) is 0 Å². The van der Waals surface area contributed by atoms with Gasteiger partial charge >= 0.3 is 0 Å². The van der Waals surface area contributed by atoms with Crippen LogP contribution in [0.3, 0.4) is 0 Å². The van der Waals surface area contributed by atoms with Gasteiger partial charge < -0.3 is 20.3 Å². The van der Waals surface area contributed by atoms with E-state index in [1.807, 2.05) is 19.9 Å². The molecule has 1 atom stereocenters. The highest BCUT2D eigenvalue weighted by Crippen LogP contribution is 2.29. The summed E-state index contributed by atoms with van der Waals surface area (Å²) in [6.45, 7) is 5.12. The van der Waals surface area contributed by atoms with Crippen LogP contribution in [0.25, 0.3) is 0 Å². The summed E-state index contributed by atoms with van der Waals surface area (Å²) in [6.07, 6.45) is -0.720. The summed E-state index contributed by atoms with van der Waals surface area (Å²) < 4.78 is 10.8. The van der Waals surface area contributed by atoms with E-state index in [2.05, 4.69) is 0 Å². The monoisotopic (exact) mass is 225 g/mol. The molecule has 0 heterocycles. The standard InChI is InChI=1S/C12H19NO3/c1-3-15-9-5-6-12(16-4-2)10(7-9)11(14)8-13/h5-7,11,14H,3-4,8,13H2,1-2H3. The van der Waals surface area contributed by atoms with Gasteiger partial charge in [0.1, 0.15) is 11.5 Å². The highest BCUT2D eigenvalue weighted by atomic mass is 16.5. The summed E-state index contributed by atoms with van der Waals surface area (Å²) in [6, 6.07) is 5.38. The average Bonchev–Trinajstić information content (AvgIpc) is 2.31. The first-order valence-corrected chi connectivity index (χ1v) is 5.50. The Bertz CT molecular complexity index is 328. The van der Waals surface area contributed by atoms with Crippen molar-refractivity contribution < 1.29 is 14.6 Å². The minimum atomic E-state index is -0.720. The van der Waals surface area contributed by atoms with E-state index < -0.39 is 6.10 Å². The first kappa shape index (κ1) is 12.8. The Balaban J connectivity index is 3.00. The third-order valence-electron chi connectivity index (χ3n) is 2.17. The van der Waals surface area contributed by atoms with E-state index in [0.29, 0.717) is 30.3 Å². The average molecular weight is 225 g/mol. The smallest absolute Gasteiger partial charge is 0.125 e. The first-order chi connectivity index (χ1) is 7.72. The number of nitrogens with two attached hydrogens (primary N) is 1. The van der Waals surface area contributed by atoms with Crippen LogP contribution >= 0.6 is 0 Å². The molecular formula is C12H19NO3. The van der Waals surface area contributed by atoms with Crippen molar-refractivity contribution in [1.82, 2.24) is 0 Å². The molecule has 90 valence electrons. The molecule has 0 aliphatic rings. The quantitative estimate of drug-likeness (QED) is 0.769. The number of aliphatic hydroxyl groups excluding tert-OH is 1. The molecule has 0 radical (unpaired) electrons. The topological polar surface area (TPSA) is 64.7 Å². The molecule has 0 amide bonds. The molecule has 0 spiro atoms. The lowest BCUT2D eigenvalue weighted by atomic mass is 10.1. The van der Waals surface area contributed by atoms with Crippen LogP contribution in [0.2, 0.25) is 0 Å². The molecule has 4 heteroatoms. The second kappa shape index (κ2) is 6.35. The van der Waals surface area contributed by atoms with E-state index in [9.17, 15) is 5.11 Å². The van der Waals surface area contributed by atoms with Gasteiger partial charge in [0.15, 0.2) is 0 Å². The van der Waals surface area contributed by atoms with Crippen LogP contribution in [0.15, 0.2) is 18.2 Å². The van der Waals surface area contributed by atoms with E-state index in [4.69, 9.17) is 15.2 Å². The van der Waals surface area contributed by atoms with Crippen molar-refractivity contribution in [2.75, 3.05) is 19.8 Å². The zero-order chi connectivity index (χ0) is 12.0. The third-order valence-corrected chi connectivity index (χ3v) is 2.17. The fraction of sp³-hybridized carbons (Fsp3) is 0.500. The van der Waals surface area contributed by atoms with Gasteiger partial charge in [-0.2, -0.15) is 0 Å². The van der Waals surface area contributed by atoms with Gasteiger partial charge in [-0.15, -0.1) is 0 Å². The van der Waals surface area contributed by atoms with Gasteiger partial charge in [-0.25, -0.2) is 0 Å². The van der Waals surface area contributed by atoms with Crippen LogP contribution in [0, 0.1) is 0 Å². The molecule has 4 nitrogen and oxygen atoms in total. The van der Waals surface area contributed by atoms with Crippen molar-refractivity contribution in [3.8, 4) is 11.5 Å². The highest BCUT2D eigenvalue weighted by Gasteiger charge is 2.13. The molecule has 16 heavy (non-hydrogen) atoms. The van der Waals surface area contributed by atoms with Gasteiger partial charge in [-0.3, -0.25) is 0 Å². The summed E-state index contributed by atoms with van der Waals surface area (Å²) in [7, 11) is 0. The van der Waals surface area contributed by atoms with Gasteiger partial charge in [-0.1, -0.05) is 0 Å². The predicted octanol–water partition coefficient (Wildman–Crippen LogP) is 1.48. The number of hydrogen-bond donors (Lipinski definition) is 2. The predicted molar refractivity (Wildman–Crippen MR) is 62.8 cm³/mol. The van der Waals surface area contributed by atoms with Gasteiger partial charge in [0.2, 0.25) is 0 Å². The Morgan fingerprint density at radius 1 is 1.25 bits per heavy atom. The summed E-state index contributed by atoms with van der Waals surface area (Å²) in [5.74, 6) is 1.37. The zero-order valence-corrected chi connectivity index (χ0v) is 9.77. The largest absolute Gasteiger partial charge is 0.494 e.